The Morgan fingerprint density at radius 1 is 0.957 bits per heavy atom. The first-order valence-electron chi connectivity index (χ1n) is 7.80. The molecule has 0 unspecified atom stereocenters. The van der Waals surface area contributed by atoms with Crippen LogP contribution in [0, 0.1) is 5.41 Å². The van der Waals surface area contributed by atoms with Crippen LogP contribution in [-0.4, -0.2) is 59.8 Å². The van der Waals surface area contributed by atoms with E-state index in [4.69, 9.17) is 4.74 Å². The number of amides is 2. The Bertz CT molecular complexity index is 473. The predicted octanol–water partition coefficient (Wildman–Crippen LogP) is 2.80. The quantitative estimate of drug-likeness (QED) is 0.740. The van der Waals surface area contributed by atoms with Crippen molar-refractivity contribution in [3.05, 3.63) is 0 Å². The van der Waals surface area contributed by atoms with Gasteiger partial charge in [-0.2, -0.15) is 13.2 Å². The molecular formula is C15H23F3N2O3. The number of alkyl halides is 3. The summed E-state index contributed by atoms with van der Waals surface area (Å²) in [5.74, 6) is -0.847. The van der Waals surface area contributed by atoms with E-state index in [1.807, 2.05) is 0 Å². The van der Waals surface area contributed by atoms with Gasteiger partial charge in [0.25, 0.3) is 0 Å². The monoisotopic (exact) mass is 336 g/mol. The Hall–Kier alpha value is -1.47. The van der Waals surface area contributed by atoms with Crippen molar-refractivity contribution in [1.82, 2.24) is 9.80 Å². The normalized spacial score (nSPS) is 21.7. The lowest BCUT2D eigenvalue weighted by Gasteiger charge is -2.46. The van der Waals surface area contributed by atoms with Gasteiger partial charge in [0.2, 0.25) is 5.91 Å². The number of nitrogens with zero attached hydrogens (tertiary/aromatic N) is 2. The van der Waals surface area contributed by atoms with Crippen molar-refractivity contribution in [2.45, 2.75) is 51.8 Å². The van der Waals surface area contributed by atoms with Gasteiger partial charge in [-0.3, -0.25) is 4.79 Å². The maximum atomic E-state index is 13.2. The molecule has 0 atom stereocenters. The van der Waals surface area contributed by atoms with E-state index in [1.54, 1.807) is 20.8 Å². The maximum absolute atomic E-state index is 13.2. The van der Waals surface area contributed by atoms with Gasteiger partial charge in [0.15, 0.2) is 0 Å². The molecule has 1 aliphatic heterocycles. The zero-order valence-corrected chi connectivity index (χ0v) is 13.7. The second-order valence-corrected chi connectivity index (χ2v) is 7.19. The Labute approximate surface area is 133 Å². The lowest BCUT2D eigenvalue weighted by atomic mass is 9.67. The Morgan fingerprint density at radius 2 is 1.43 bits per heavy atom. The predicted molar refractivity (Wildman–Crippen MR) is 76.7 cm³/mol. The third-order valence-electron chi connectivity index (χ3n) is 4.38. The van der Waals surface area contributed by atoms with E-state index in [2.05, 4.69) is 0 Å². The number of piperazine rings is 1. The van der Waals surface area contributed by atoms with Gasteiger partial charge in [-0.15, -0.1) is 0 Å². The fourth-order valence-electron chi connectivity index (χ4n) is 2.87. The van der Waals surface area contributed by atoms with E-state index in [0.717, 1.165) is 0 Å². The van der Waals surface area contributed by atoms with E-state index in [-0.39, 0.29) is 39.0 Å². The number of halogens is 3. The Kier molecular flexibility index (Phi) is 4.56. The van der Waals surface area contributed by atoms with Gasteiger partial charge in [0.05, 0.1) is 0 Å². The zero-order valence-electron chi connectivity index (χ0n) is 13.7. The number of hydrogen-bond acceptors (Lipinski definition) is 3. The maximum Gasteiger partial charge on any atom is 0.410 e. The molecule has 0 aromatic rings. The smallest absolute Gasteiger partial charge is 0.410 e. The van der Waals surface area contributed by atoms with Crippen molar-refractivity contribution in [3.63, 3.8) is 0 Å². The summed E-state index contributed by atoms with van der Waals surface area (Å²) in [6.07, 6.45) is -4.87. The third-order valence-corrected chi connectivity index (χ3v) is 4.38. The summed E-state index contributed by atoms with van der Waals surface area (Å²) in [4.78, 5) is 26.9. The molecule has 2 amide bonds. The van der Waals surface area contributed by atoms with E-state index in [0.29, 0.717) is 6.42 Å². The van der Waals surface area contributed by atoms with Crippen LogP contribution in [0.3, 0.4) is 0 Å². The molecule has 2 rings (SSSR count). The average molecular weight is 336 g/mol. The summed E-state index contributed by atoms with van der Waals surface area (Å²) in [7, 11) is 0. The molecule has 0 aromatic carbocycles. The molecule has 8 heteroatoms. The second kappa shape index (κ2) is 5.87. The van der Waals surface area contributed by atoms with Crippen LogP contribution >= 0.6 is 0 Å². The Balaban J connectivity index is 1.94. The van der Waals surface area contributed by atoms with E-state index in [1.165, 1.54) is 9.80 Å². The molecule has 23 heavy (non-hydrogen) atoms. The number of carbonyl (C=O) groups excluding carboxylic acids is 2. The van der Waals surface area contributed by atoms with Gasteiger partial charge in [0, 0.05) is 26.2 Å². The standard InChI is InChI=1S/C15H23F3N2O3/c1-13(2,3)23-12(22)20-9-7-19(8-10-20)11(21)14(5-4-6-14)15(16,17)18/h4-10H2,1-3H3. The number of carbonyl (C=O) groups is 2. The van der Waals surface area contributed by atoms with Gasteiger partial charge < -0.3 is 14.5 Å². The van der Waals surface area contributed by atoms with Crippen molar-refractivity contribution in [2.24, 2.45) is 5.41 Å². The minimum atomic E-state index is -4.51. The first kappa shape index (κ1) is 17.9. The molecule has 0 bridgehead atoms. The molecule has 2 fully saturated rings. The molecule has 0 radical (unpaired) electrons. The molecule has 0 spiro atoms. The summed E-state index contributed by atoms with van der Waals surface area (Å²) in [5, 5.41) is 0. The van der Waals surface area contributed by atoms with Crippen molar-refractivity contribution < 1.29 is 27.5 Å². The lowest BCUT2D eigenvalue weighted by Crippen LogP contribution is -2.60. The van der Waals surface area contributed by atoms with Crippen LogP contribution in [0.5, 0.6) is 0 Å². The molecule has 0 N–H and O–H groups in total. The van der Waals surface area contributed by atoms with Gasteiger partial charge in [-0.05, 0) is 33.6 Å². The van der Waals surface area contributed by atoms with Crippen molar-refractivity contribution >= 4 is 12.0 Å². The first-order chi connectivity index (χ1) is 10.5. The van der Waals surface area contributed by atoms with Crippen LogP contribution in [0.1, 0.15) is 40.0 Å². The molecule has 5 nitrogen and oxygen atoms in total. The van der Waals surface area contributed by atoms with Crippen LogP contribution in [-0.2, 0) is 9.53 Å². The largest absolute Gasteiger partial charge is 0.444 e. The molecule has 2 aliphatic rings. The van der Waals surface area contributed by atoms with Crippen LogP contribution in [0.25, 0.3) is 0 Å². The van der Waals surface area contributed by atoms with E-state index in [9.17, 15) is 22.8 Å². The van der Waals surface area contributed by atoms with E-state index < -0.39 is 29.2 Å². The molecule has 1 saturated carbocycles. The number of rotatable bonds is 1. The molecule has 1 aliphatic carbocycles. The summed E-state index contributed by atoms with van der Waals surface area (Å²) in [6.45, 7) is 5.83. The molecule has 1 saturated heterocycles. The molecular weight excluding hydrogens is 313 g/mol. The number of hydrogen-bond donors (Lipinski definition) is 0. The fourth-order valence-corrected chi connectivity index (χ4v) is 2.87. The fraction of sp³-hybridized carbons (Fsp3) is 0.867. The SMILES string of the molecule is CC(C)(C)OC(=O)N1CCN(C(=O)C2(C(F)(F)F)CCC2)CC1. The number of ether oxygens (including phenoxy) is 1. The second-order valence-electron chi connectivity index (χ2n) is 7.19. The Morgan fingerprint density at radius 3 is 1.78 bits per heavy atom. The minimum absolute atomic E-state index is 0.107. The summed E-state index contributed by atoms with van der Waals surface area (Å²) >= 11 is 0. The highest BCUT2D eigenvalue weighted by molar-refractivity contribution is 5.85. The third kappa shape index (κ3) is 3.55. The van der Waals surface area contributed by atoms with Crippen LogP contribution in [0.2, 0.25) is 0 Å². The van der Waals surface area contributed by atoms with Crippen molar-refractivity contribution in [1.29, 1.82) is 0 Å². The topological polar surface area (TPSA) is 49.9 Å². The van der Waals surface area contributed by atoms with Gasteiger partial charge >= 0.3 is 12.3 Å². The van der Waals surface area contributed by atoms with E-state index >= 15 is 0 Å². The molecule has 132 valence electrons. The van der Waals surface area contributed by atoms with Crippen molar-refractivity contribution in [3.8, 4) is 0 Å². The van der Waals surface area contributed by atoms with Crippen LogP contribution in [0.4, 0.5) is 18.0 Å². The summed E-state index contributed by atoms with van der Waals surface area (Å²) < 4.78 is 44.9. The van der Waals surface area contributed by atoms with Crippen molar-refractivity contribution in [2.75, 3.05) is 26.2 Å². The average Bonchev–Trinajstić information content (AvgIpc) is 2.33. The summed E-state index contributed by atoms with van der Waals surface area (Å²) in [5.41, 5.74) is -2.84. The zero-order chi connectivity index (χ0) is 17.5. The molecule has 0 aromatic heterocycles. The lowest BCUT2D eigenvalue weighted by molar-refractivity contribution is -0.249. The highest BCUT2D eigenvalue weighted by atomic mass is 19.4. The first-order valence-corrected chi connectivity index (χ1v) is 7.80. The highest BCUT2D eigenvalue weighted by Gasteiger charge is 2.64. The van der Waals surface area contributed by atoms with Gasteiger partial charge in [-0.1, -0.05) is 6.42 Å². The van der Waals surface area contributed by atoms with Crippen LogP contribution < -0.4 is 0 Å². The highest BCUT2D eigenvalue weighted by Crippen LogP contribution is 2.54. The molecule has 1 heterocycles. The summed E-state index contributed by atoms with van der Waals surface area (Å²) in [6, 6.07) is 0. The minimum Gasteiger partial charge on any atom is -0.444 e. The van der Waals surface area contributed by atoms with Crippen LogP contribution in [0.15, 0.2) is 0 Å². The van der Waals surface area contributed by atoms with Gasteiger partial charge in [-0.25, -0.2) is 4.79 Å². The van der Waals surface area contributed by atoms with Gasteiger partial charge in [0.1, 0.15) is 11.0 Å².